The molecule has 3 amide bonds. The van der Waals surface area contributed by atoms with Crippen molar-refractivity contribution in [1.82, 2.24) is 9.80 Å². The summed E-state index contributed by atoms with van der Waals surface area (Å²) in [6.07, 6.45) is -1.49. The molecule has 2 aliphatic rings. The van der Waals surface area contributed by atoms with Crippen LogP contribution in [0.5, 0.6) is 5.75 Å². The minimum atomic E-state index is -0.916. The summed E-state index contributed by atoms with van der Waals surface area (Å²) in [5.41, 5.74) is 2.30. The maximum Gasteiger partial charge on any atom is 0.411 e. The van der Waals surface area contributed by atoms with E-state index >= 15 is 0 Å². The van der Waals surface area contributed by atoms with Gasteiger partial charge in [0.1, 0.15) is 11.6 Å². The molecule has 2 aliphatic heterocycles. The molecule has 39 heavy (non-hydrogen) atoms. The Morgan fingerprint density at radius 1 is 0.974 bits per heavy atom. The molecule has 0 saturated carbocycles. The van der Waals surface area contributed by atoms with Crippen LogP contribution in [-0.2, 0) is 20.8 Å². The number of nitrogens with one attached hydrogen (secondary N) is 1. The fraction of sp³-hybridized carbons (Fsp3) is 0.276. The summed E-state index contributed by atoms with van der Waals surface area (Å²) in [5.74, 6) is -0.269. The van der Waals surface area contributed by atoms with E-state index in [9.17, 15) is 18.8 Å². The summed E-state index contributed by atoms with van der Waals surface area (Å²) in [6, 6.07) is 18.4. The number of benzene rings is 3. The van der Waals surface area contributed by atoms with E-state index in [4.69, 9.17) is 14.2 Å². The van der Waals surface area contributed by atoms with Gasteiger partial charge < -0.3 is 24.4 Å². The van der Waals surface area contributed by atoms with Crippen LogP contribution in [0.25, 0.3) is 0 Å². The van der Waals surface area contributed by atoms with Crippen LogP contribution in [0.1, 0.15) is 27.6 Å². The molecule has 0 spiro atoms. The van der Waals surface area contributed by atoms with Gasteiger partial charge in [-0.3, -0.25) is 14.5 Å². The second kappa shape index (κ2) is 11.5. The Morgan fingerprint density at radius 3 is 2.28 bits per heavy atom. The van der Waals surface area contributed by atoms with Crippen LogP contribution in [0.4, 0.5) is 14.9 Å². The molecule has 2 saturated heterocycles. The zero-order chi connectivity index (χ0) is 27.4. The van der Waals surface area contributed by atoms with Gasteiger partial charge in [-0.05, 0) is 59.7 Å². The number of carbonyl (C=O) groups excluding carboxylic acids is 3. The topological polar surface area (TPSA) is 97.4 Å². The molecule has 3 aromatic rings. The minimum Gasteiger partial charge on any atom is -0.497 e. The zero-order valence-corrected chi connectivity index (χ0v) is 21.3. The second-order valence-electron chi connectivity index (χ2n) is 9.25. The van der Waals surface area contributed by atoms with Gasteiger partial charge in [0.25, 0.3) is 5.91 Å². The number of cyclic esters (lactones) is 1. The number of ether oxygens (including phenoxy) is 3. The molecule has 0 aliphatic carbocycles. The lowest BCUT2D eigenvalue weighted by Crippen LogP contribution is -2.51. The Balaban J connectivity index is 1.36. The van der Waals surface area contributed by atoms with E-state index in [1.807, 2.05) is 0 Å². The largest absolute Gasteiger partial charge is 0.497 e. The van der Waals surface area contributed by atoms with Crippen LogP contribution in [0.15, 0.2) is 72.8 Å². The SMILES string of the molecule is COc1ccc(C(=O)Nc2ccc([C@H]3OC(=O)N(Cc4ccc(F)cc4)[C@@H]3C(=O)N3CCOCC3)cc2)cc1. The number of morpholine rings is 1. The van der Waals surface area contributed by atoms with E-state index in [1.54, 1.807) is 72.7 Å². The monoisotopic (exact) mass is 533 g/mol. The molecule has 5 rings (SSSR count). The highest BCUT2D eigenvalue weighted by atomic mass is 19.1. The van der Waals surface area contributed by atoms with E-state index in [2.05, 4.69) is 5.32 Å². The summed E-state index contributed by atoms with van der Waals surface area (Å²) in [6.45, 7) is 1.75. The highest BCUT2D eigenvalue weighted by Crippen LogP contribution is 2.35. The molecule has 0 radical (unpaired) electrons. The minimum absolute atomic E-state index is 0.0896. The average molecular weight is 534 g/mol. The van der Waals surface area contributed by atoms with E-state index in [-0.39, 0.29) is 24.2 Å². The Hall–Kier alpha value is -4.44. The third-order valence-electron chi connectivity index (χ3n) is 6.78. The quantitative estimate of drug-likeness (QED) is 0.493. The number of hydrogen-bond acceptors (Lipinski definition) is 6. The normalized spacial score (nSPS) is 19.0. The van der Waals surface area contributed by atoms with Crippen molar-refractivity contribution < 1.29 is 33.0 Å². The fourth-order valence-corrected chi connectivity index (χ4v) is 4.65. The average Bonchev–Trinajstić information content (AvgIpc) is 3.30. The third kappa shape index (κ3) is 5.85. The lowest BCUT2D eigenvalue weighted by Gasteiger charge is -2.32. The van der Waals surface area contributed by atoms with Crippen molar-refractivity contribution in [3.8, 4) is 5.75 Å². The zero-order valence-electron chi connectivity index (χ0n) is 21.3. The van der Waals surface area contributed by atoms with Gasteiger partial charge in [0.05, 0.1) is 26.9 Å². The molecule has 0 unspecified atom stereocenters. The molecule has 1 N–H and O–H groups in total. The van der Waals surface area contributed by atoms with Gasteiger partial charge in [-0.2, -0.15) is 0 Å². The molecule has 2 heterocycles. The van der Waals surface area contributed by atoms with Crippen LogP contribution < -0.4 is 10.1 Å². The van der Waals surface area contributed by atoms with Gasteiger partial charge in [0.2, 0.25) is 5.91 Å². The number of anilines is 1. The number of methoxy groups -OCH3 is 1. The van der Waals surface area contributed by atoms with Gasteiger partial charge >= 0.3 is 6.09 Å². The second-order valence-corrected chi connectivity index (χ2v) is 9.25. The van der Waals surface area contributed by atoms with Crippen LogP contribution in [0.3, 0.4) is 0 Å². The fourth-order valence-electron chi connectivity index (χ4n) is 4.65. The number of halogens is 1. The van der Waals surface area contributed by atoms with Crippen LogP contribution >= 0.6 is 0 Å². The summed E-state index contributed by atoms with van der Waals surface area (Å²) < 4.78 is 29.7. The first-order valence-corrected chi connectivity index (χ1v) is 12.6. The molecule has 0 aromatic heterocycles. The third-order valence-corrected chi connectivity index (χ3v) is 6.78. The maximum atomic E-state index is 13.7. The van der Waals surface area contributed by atoms with Crippen LogP contribution in [0, 0.1) is 5.82 Å². The molecule has 3 aromatic carbocycles. The van der Waals surface area contributed by atoms with Crippen molar-refractivity contribution in [2.75, 3.05) is 38.7 Å². The molecule has 2 atom stereocenters. The Morgan fingerprint density at radius 2 is 1.64 bits per heavy atom. The Labute approximate surface area is 225 Å². The Kier molecular flexibility index (Phi) is 7.74. The maximum absolute atomic E-state index is 13.7. The molecular weight excluding hydrogens is 505 g/mol. The highest BCUT2D eigenvalue weighted by Gasteiger charge is 2.48. The summed E-state index contributed by atoms with van der Waals surface area (Å²) in [5, 5.41) is 2.84. The first kappa shape index (κ1) is 26.2. The lowest BCUT2D eigenvalue weighted by molar-refractivity contribution is -0.141. The van der Waals surface area contributed by atoms with Gasteiger partial charge in [-0.15, -0.1) is 0 Å². The molecule has 10 heteroatoms. The predicted octanol–water partition coefficient (Wildman–Crippen LogP) is 4.01. The highest BCUT2D eigenvalue weighted by molar-refractivity contribution is 6.04. The molecule has 0 bridgehead atoms. The number of carbonyl (C=O) groups is 3. The first-order chi connectivity index (χ1) is 18.9. The lowest BCUT2D eigenvalue weighted by atomic mass is 9.99. The van der Waals surface area contributed by atoms with E-state index in [0.717, 1.165) is 0 Å². The summed E-state index contributed by atoms with van der Waals surface area (Å²) >= 11 is 0. The van der Waals surface area contributed by atoms with Crippen molar-refractivity contribution in [1.29, 1.82) is 0 Å². The van der Waals surface area contributed by atoms with Crippen molar-refractivity contribution in [2.24, 2.45) is 0 Å². The smallest absolute Gasteiger partial charge is 0.411 e. The van der Waals surface area contributed by atoms with Crippen LogP contribution in [0.2, 0.25) is 0 Å². The molecule has 202 valence electrons. The standard InChI is InChI=1S/C29H28FN3O6/c1-37-24-12-6-21(7-13-24)27(34)31-23-10-4-20(5-11-23)26-25(28(35)32-14-16-38-17-15-32)33(29(36)39-26)18-19-2-8-22(30)9-3-19/h2-13,25-26H,14-18H2,1H3,(H,31,34)/t25-,26+/m0/s1. The predicted molar refractivity (Wildman–Crippen MR) is 140 cm³/mol. The van der Waals surface area contributed by atoms with E-state index in [0.29, 0.717) is 54.4 Å². The van der Waals surface area contributed by atoms with Crippen molar-refractivity contribution in [2.45, 2.75) is 18.7 Å². The van der Waals surface area contributed by atoms with Crippen molar-refractivity contribution in [3.63, 3.8) is 0 Å². The number of nitrogens with zero attached hydrogens (tertiary/aromatic N) is 2. The van der Waals surface area contributed by atoms with Gasteiger partial charge in [0, 0.05) is 24.3 Å². The van der Waals surface area contributed by atoms with Crippen LogP contribution in [-0.4, -0.2) is 67.2 Å². The number of rotatable bonds is 7. The molecular formula is C29H28FN3O6. The summed E-state index contributed by atoms with van der Waals surface area (Å²) in [7, 11) is 1.55. The molecule has 2 fully saturated rings. The van der Waals surface area contributed by atoms with Crippen molar-refractivity contribution in [3.05, 3.63) is 95.3 Å². The Bertz CT molecular complexity index is 1320. The van der Waals surface area contributed by atoms with Crippen molar-refractivity contribution >= 4 is 23.6 Å². The molecule has 9 nitrogen and oxygen atoms in total. The van der Waals surface area contributed by atoms with E-state index < -0.39 is 18.2 Å². The number of amides is 3. The van der Waals surface area contributed by atoms with Gasteiger partial charge in [-0.1, -0.05) is 24.3 Å². The van der Waals surface area contributed by atoms with Gasteiger partial charge in [0.15, 0.2) is 12.1 Å². The number of hydrogen-bond donors (Lipinski definition) is 1. The van der Waals surface area contributed by atoms with Gasteiger partial charge in [-0.25, -0.2) is 9.18 Å². The van der Waals surface area contributed by atoms with E-state index in [1.165, 1.54) is 17.0 Å². The first-order valence-electron chi connectivity index (χ1n) is 12.6. The summed E-state index contributed by atoms with van der Waals surface area (Å²) in [4.78, 5) is 42.4.